The lowest BCUT2D eigenvalue weighted by atomic mass is 9.87. The van der Waals surface area contributed by atoms with Crippen LogP contribution in [-0.4, -0.2) is 35.5 Å². The minimum Gasteiger partial charge on any atom is -0.309 e. The summed E-state index contributed by atoms with van der Waals surface area (Å²) in [7, 11) is -6.61. The van der Waals surface area contributed by atoms with E-state index in [0.29, 0.717) is 9.92 Å². The van der Waals surface area contributed by atoms with Crippen LogP contribution >= 0.6 is 11.6 Å². The Kier molecular flexibility index (Phi) is 6.75. The summed E-state index contributed by atoms with van der Waals surface area (Å²) in [4.78, 5) is 17.5. The Morgan fingerprint density at radius 3 is 2.21 bits per heavy atom. The maximum atomic E-state index is 13.4. The average molecular weight is 505 g/mol. The highest BCUT2D eigenvalue weighted by Crippen LogP contribution is 2.28. The number of hydrogen-bond acceptors (Lipinski definition) is 5. The third-order valence-corrected chi connectivity index (χ3v) is 7.78. The molecule has 6 nitrogen and oxygen atoms in total. The maximum Gasteiger partial charge on any atom is 0.195 e. The molecule has 0 aliphatic carbocycles. The van der Waals surface area contributed by atoms with E-state index >= 15 is 0 Å². The van der Waals surface area contributed by atoms with Gasteiger partial charge in [0.2, 0.25) is 0 Å². The molecular weight excluding hydrogens is 480 g/mol. The quantitative estimate of drug-likeness (QED) is 0.385. The average Bonchev–Trinajstić information content (AvgIpc) is 2.73. The van der Waals surface area contributed by atoms with Gasteiger partial charge in [0.15, 0.2) is 20.6 Å². The number of carbonyl (C=O) groups is 1. The first-order valence-corrected chi connectivity index (χ1v) is 13.9. The molecule has 9 heteroatoms. The van der Waals surface area contributed by atoms with E-state index in [9.17, 15) is 17.4 Å². The zero-order chi connectivity index (χ0) is 24.6. The number of rotatable bonds is 6. The van der Waals surface area contributed by atoms with E-state index in [4.69, 9.17) is 11.6 Å². The number of carbonyl (C=O) groups excluding carboxylic acids is 1. The molecule has 2 aromatic carbocycles. The lowest BCUT2D eigenvalue weighted by Gasteiger charge is -2.20. The minimum atomic E-state index is -3.60. The van der Waals surface area contributed by atoms with Crippen LogP contribution in [0.15, 0.2) is 70.7 Å². The van der Waals surface area contributed by atoms with Crippen LogP contribution in [-0.2, 0) is 25.0 Å². The summed E-state index contributed by atoms with van der Waals surface area (Å²) >= 11 is 6.13. The van der Waals surface area contributed by atoms with Crippen LogP contribution in [0, 0.1) is 0 Å². The molecule has 0 fully saturated rings. The fourth-order valence-corrected chi connectivity index (χ4v) is 5.11. The Bertz CT molecular complexity index is 1420. The second kappa shape index (κ2) is 8.93. The molecule has 3 aromatic rings. The number of halogens is 1. The predicted octanol–water partition coefficient (Wildman–Crippen LogP) is 4.77. The van der Waals surface area contributed by atoms with E-state index in [-0.39, 0.29) is 27.3 Å². The summed E-state index contributed by atoms with van der Waals surface area (Å²) in [6, 6.07) is 14.5. The number of benzene rings is 2. The predicted molar refractivity (Wildman–Crippen MR) is 135 cm³/mol. The van der Waals surface area contributed by atoms with Gasteiger partial charge in [0.1, 0.15) is 0 Å². The van der Waals surface area contributed by atoms with Crippen molar-refractivity contribution in [2.24, 2.45) is 0 Å². The highest BCUT2D eigenvalue weighted by molar-refractivity contribution is 8.01. The summed E-state index contributed by atoms with van der Waals surface area (Å²) < 4.78 is 40.0. The van der Waals surface area contributed by atoms with Gasteiger partial charge in [-0.05, 0) is 59.3 Å². The largest absolute Gasteiger partial charge is 0.309 e. The molecule has 0 spiro atoms. The summed E-state index contributed by atoms with van der Waals surface area (Å²) in [5, 5.41) is 0.0798. The number of aromatic nitrogens is 1. The van der Waals surface area contributed by atoms with E-state index in [2.05, 4.69) is 36.3 Å². The van der Waals surface area contributed by atoms with E-state index in [1.165, 1.54) is 24.4 Å². The number of anilines is 1. The van der Waals surface area contributed by atoms with Crippen molar-refractivity contribution in [2.75, 3.05) is 11.0 Å². The molecule has 1 unspecified atom stereocenters. The van der Waals surface area contributed by atoms with Crippen molar-refractivity contribution in [3.8, 4) is 0 Å². The second-order valence-corrected chi connectivity index (χ2v) is 13.2. The molecule has 1 atom stereocenters. The molecule has 0 aliphatic rings. The van der Waals surface area contributed by atoms with Crippen molar-refractivity contribution in [3.05, 3.63) is 82.5 Å². The fourth-order valence-electron chi connectivity index (χ4n) is 3.11. The first-order valence-electron chi connectivity index (χ1n) is 9.94. The van der Waals surface area contributed by atoms with Crippen molar-refractivity contribution in [1.82, 2.24) is 4.98 Å². The molecule has 3 rings (SSSR count). The number of pyridine rings is 1. The molecule has 0 aliphatic heterocycles. The summed E-state index contributed by atoms with van der Waals surface area (Å²) in [6.45, 7) is 6.25. The van der Waals surface area contributed by atoms with Gasteiger partial charge in [0, 0.05) is 33.5 Å². The van der Waals surface area contributed by atoms with Crippen molar-refractivity contribution in [1.29, 1.82) is 0 Å². The van der Waals surface area contributed by atoms with E-state index in [1.54, 1.807) is 24.3 Å². The van der Waals surface area contributed by atoms with E-state index in [0.717, 1.165) is 11.8 Å². The molecule has 1 aromatic heterocycles. The first kappa shape index (κ1) is 25.0. The highest BCUT2D eigenvalue weighted by Gasteiger charge is 2.20. The minimum absolute atomic E-state index is 0.0564. The standard InChI is InChI=1S/C24H25ClN2O4S2/c1-24(2,3)17-6-9-19(10-7-17)32(4,29)27-21-11-8-18(25)15-20(21)23(28)16-12-13-26-22(14-16)33(5,30)31/h6-15H,4H2,1-3,5H3,(H,27,29). The molecule has 174 valence electrons. The molecule has 0 saturated carbocycles. The molecular formula is C24H25ClN2O4S2. The van der Waals surface area contributed by atoms with Gasteiger partial charge in [-0.2, -0.15) is 0 Å². The highest BCUT2D eigenvalue weighted by atomic mass is 35.5. The van der Waals surface area contributed by atoms with Gasteiger partial charge in [-0.25, -0.2) is 17.6 Å². The zero-order valence-electron chi connectivity index (χ0n) is 18.8. The monoisotopic (exact) mass is 504 g/mol. The topological polar surface area (TPSA) is 93.2 Å². The maximum absolute atomic E-state index is 13.4. The molecule has 33 heavy (non-hydrogen) atoms. The van der Waals surface area contributed by atoms with Crippen molar-refractivity contribution >= 4 is 48.5 Å². The Morgan fingerprint density at radius 2 is 1.64 bits per heavy atom. The number of nitrogens with zero attached hydrogens (tertiary/aromatic N) is 1. The van der Waals surface area contributed by atoms with Crippen LogP contribution in [0.25, 0.3) is 0 Å². The van der Waals surface area contributed by atoms with Gasteiger partial charge in [0.05, 0.1) is 15.4 Å². The van der Waals surface area contributed by atoms with Gasteiger partial charge < -0.3 is 4.72 Å². The normalized spacial score (nSPS) is 13.8. The zero-order valence-corrected chi connectivity index (χ0v) is 21.1. The third kappa shape index (κ3) is 5.82. The lowest BCUT2D eigenvalue weighted by Crippen LogP contribution is -2.17. The Balaban J connectivity index is 2.00. The van der Waals surface area contributed by atoms with Crippen LogP contribution < -0.4 is 4.72 Å². The van der Waals surface area contributed by atoms with Gasteiger partial charge in [-0.15, -0.1) is 0 Å². The number of ketones is 1. The molecule has 0 radical (unpaired) electrons. The summed E-state index contributed by atoms with van der Waals surface area (Å²) in [5.74, 6) is 3.36. The van der Waals surface area contributed by atoms with Gasteiger partial charge in [0.25, 0.3) is 0 Å². The first-order chi connectivity index (χ1) is 15.2. The molecule has 0 saturated heterocycles. The molecule has 1 heterocycles. The van der Waals surface area contributed by atoms with Crippen LogP contribution in [0.5, 0.6) is 0 Å². The Morgan fingerprint density at radius 1 is 1.00 bits per heavy atom. The smallest absolute Gasteiger partial charge is 0.195 e. The van der Waals surface area contributed by atoms with Crippen LogP contribution in [0.4, 0.5) is 5.69 Å². The van der Waals surface area contributed by atoms with Crippen molar-refractivity contribution < 1.29 is 17.4 Å². The van der Waals surface area contributed by atoms with Gasteiger partial charge in [-0.3, -0.25) is 4.79 Å². The third-order valence-electron chi connectivity index (χ3n) is 4.98. The van der Waals surface area contributed by atoms with Crippen LogP contribution in [0.2, 0.25) is 5.02 Å². The van der Waals surface area contributed by atoms with Crippen LogP contribution in [0.3, 0.4) is 0 Å². The van der Waals surface area contributed by atoms with Crippen molar-refractivity contribution in [2.45, 2.75) is 36.1 Å². The van der Waals surface area contributed by atoms with E-state index in [1.807, 2.05) is 12.1 Å². The van der Waals surface area contributed by atoms with Gasteiger partial charge >= 0.3 is 0 Å². The van der Waals surface area contributed by atoms with Crippen molar-refractivity contribution in [3.63, 3.8) is 0 Å². The molecule has 0 amide bonds. The number of sulfone groups is 1. The van der Waals surface area contributed by atoms with Crippen LogP contribution in [0.1, 0.15) is 42.3 Å². The second-order valence-electron chi connectivity index (χ2n) is 8.73. The lowest BCUT2D eigenvalue weighted by molar-refractivity contribution is 0.103. The Labute approximate surface area is 200 Å². The Hall–Kier alpha value is -2.68. The summed E-state index contributed by atoms with van der Waals surface area (Å²) in [5.41, 5.74) is 1.54. The number of nitrogens with one attached hydrogen (secondary N) is 1. The molecule has 1 N–H and O–H groups in total. The number of hydrogen-bond donors (Lipinski definition) is 1. The SMILES string of the molecule is C=S(=O)(Nc1ccc(Cl)cc1C(=O)c1ccnc(S(C)(=O)=O)c1)c1ccc(C(C)(C)C)cc1. The molecule has 0 bridgehead atoms. The fraction of sp³-hybridized carbons (Fsp3) is 0.208. The van der Waals surface area contributed by atoms with Gasteiger partial charge in [-0.1, -0.05) is 44.5 Å². The summed E-state index contributed by atoms with van der Waals surface area (Å²) in [6.07, 6.45) is 2.27. The van der Waals surface area contributed by atoms with E-state index < -0.39 is 25.3 Å².